The predicted octanol–water partition coefficient (Wildman–Crippen LogP) is -0.141. The van der Waals surface area contributed by atoms with E-state index in [9.17, 15) is 4.79 Å². The molecule has 15 heavy (non-hydrogen) atoms. The molecule has 6 nitrogen and oxygen atoms in total. The number of carbonyl (C=O) groups excluding carboxylic acids is 1. The van der Waals surface area contributed by atoms with Gasteiger partial charge in [0.1, 0.15) is 6.04 Å². The van der Waals surface area contributed by atoms with Crippen molar-refractivity contribution in [3.63, 3.8) is 0 Å². The second-order valence-corrected chi connectivity index (χ2v) is 3.45. The van der Waals surface area contributed by atoms with Gasteiger partial charge in [0.05, 0.1) is 7.11 Å². The zero-order chi connectivity index (χ0) is 10.7. The molecule has 1 fully saturated rings. The third kappa shape index (κ3) is 2.15. The van der Waals surface area contributed by atoms with Crippen LogP contribution in [0.1, 0.15) is 12.3 Å². The van der Waals surface area contributed by atoms with Crippen LogP contribution in [-0.4, -0.2) is 47.3 Å². The number of nitrogens with zero attached hydrogens (tertiary/aromatic N) is 3. The summed E-state index contributed by atoms with van der Waals surface area (Å²) in [5.74, 6) is 0.442. The highest BCUT2D eigenvalue weighted by molar-refractivity contribution is 5.76. The Morgan fingerprint density at radius 3 is 3.20 bits per heavy atom. The molecule has 1 atom stereocenters. The first-order valence-corrected chi connectivity index (χ1v) is 4.88. The lowest BCUT2D eigenvalue weighted by atomic mass is 10.0. The molecule has 0 saturated carbocycles. The fourth-order valence-corrected chi connectivity index (χ4v) is 1.66. The number of aromatic nitrogens is 2. The summed E-state index contributed by atoms with van der Waals surface area (Å²) >= 11 is 0. The van der Waals surface area contributed by atoms with Crippen LogP contribution in [0.25, 0.3) is 0 Å². The quantitative estimate of drug-likeness (QED) is 0.646. The lowest BCUT2D eigenvalue weighted by Gasteiger charge is -2.38. The Morgan fingerprint density at radius 2 is 2.67 bits per heavy atom. The van der Waals surface area contributed by atoms with Crippen LogP contribution < -0.4 is 0 Å². The number of ether oxygens (including phenoxy) is 1. The Balaban J connectivity index is 1.78. The third-order valence-electron chi connectivity index (χ3n) is 2.62. The van der Waals surface area contributed by atoms with Gasteiger partial charge in [-0.25, -0.2) is 0 Å². The Hall–Kier alpha value is -1.43. The van der Waals surface area contributed by atoms with Crippen LogP contribution in [0.15, 0.2) is 10.9 Å². The van der Waals surface area contributed by atoms with Crippen molar-refractivity contribution in [1.29, 1.82) is 0 Å². The van der Waals surface area contributed by atoms with Gasteiger partial charge >= 0.3 is 5.97 Å². The maximum atomic E-state index is 11.3. The standard InChI is InChI=1S/C9H13N3O3/c1-14-9(13)7-2-4-12(7)5-3-8-10-6-11-15-8/h6-7H,2-5H2,1H3. The van der Waals surface area contributed by atoms with E-state index in [2.05, 4.69) is 19.8 Å². The number of hydrogen-bond acceptors (Lipinski definition) is 6. The summed E-state index contributed by atoms with van der Waals surface area (Å²) in [5.41, 5.74) is 0. The summed E-state index contributed by atoms with van der Waals surface area (Å²) in [4.78, 5) is 17.2. The average molecular weight is 211 g/mol. The molecule has 0 N–H and O–H groups in total. The molecule has 0 radical (unpaired) electrons. The second kappa shape index (κ2) is 4.39. The highest BCUT2D eigenvalue weighted by Crippen LogP contribution is 2.18. The molecule has 0 aromatic carbocycles. The van der Waals surface area contributed by atoms with E-state index in [-0.39, 0.29) is 12.0 Å². The number of rotatable bonds is 4. The number of hydrogen-bond donors (Lipinski definition) is 0. The van der Waals surface area contributed by atoms with Crippen molar-refractivity contribution in [1.82, 2.24) is 15.0 Å². The molecule has 1 saturated heterocycles. The summed E-state index contributed by atoms with van der Waals surface area (Å²) in [6.45, 7) is 1.68. The van der Waals surface area contributed by atoms with Gasteiger partial charge in [0.15, 0.2) is 6.33 Å². The molecule has 1 aliphatic heterocycles. The highest BCUT2D eigenvalue weighted by atomic mass is 16.5. The number of methoxy groups -OCH3 is 1. The Bertz CT molecular complexity index is 325. The van der Waals surface area contributed by atoms with E-state index in [4.69, 9.17) is 4.52 Å². The fraction of sp³-hybridized carbons (Fsp3) is 0.667. The van der Waals surface area contributed by atoms with Crippen LogP contribution in [0.2, 0.25) is 0 Å². The average Bonchev–Trinajstić information content (AvgIpc) is 2.69. The first-order chi connectivity index (χ1) is 7.31. The van der Waals surface area contributed by atoms with Gasteiger partial charge < -0.3 is 9.26 Å². The largest absolute Gasteiger partial charge is 0.468 e. The highest BCUT2D eigenvalue weighted by Gasteiger charge is 2.34. The minimum Gasteiger partial charge on any atom is -0.468 e. The molecule has 0 aliphatic carbocycles. The topological polar surface area (TPSA) is 68.5 Å². The summed E-state index contributed by atoms with van der Waals surface area (Å²) in [6.07, 6.45) is 2.92. The zero-order valence-electron chi connectivity index (χ0n) is 8.55. The van der Waals surface area contributed by atoms with Gasteiger partial charge in [0.2, 0.25) is 5.89 Å². The lowest BCUT2D eigenvalue weighted by molar-refractivity contribution is -0.151. The molecule has 82 valence electrons. The van der Waals surface area contributed by atoms with Crippen LogP contribution in [0.3, 0.4) is 0 Å². The maximum Gasteiger partial charge on any atom is 0.323 e. The van der Waals surface area contributed by atoms with Gasteiger partial charge in [0.25, 0.3) is 0 Å². The molecule has 6 heteroatoms. The molecule has 2 rings (SSSR count). The van der Waals surface area contributed by atoms with Crippen molar-refractivity contribution in [2.45, 2.75) is 18.9 Å². The van der Waals surface area contributed by atoms with E-state index in [1.165, 1.54) is 13.4 Å². The SMILES string of the molecule is COC(=O)C1CCN1CCc1ncno1. The minimum absolute atomic E-state index is 0.0853. The summed E-state index contributed by atoms with van der Waals surface area (Å²) in [5, 5.41) is 3.52. The Kier molecular flexibility index (Phi) is 2.96. The molecular formula is C9H13N3O3. The van der Waals surface area contributed by atoms with Crippen LogP contribution in [0, 0.1) is 0 Å². The summed E-state index contributed by atoms with van der Waals surface area (Å²) in [7, 11) is 1.41. The van der Waals surface area contributed by atoms with Gasteiger partial charge in [-0.1, -0.05) is 5.16 Å². The summed E-state index contributed by atoms with van der Waals surface area (Å²) in [6, 6.07) is -0.0853. The molecule has 0 amide bonds. The Morgan fingerprint density at radius 1 is 1.80 bits per heavy atom. The molecule has 0 bridgehead atoms. The molecular weight excluding hydrogens is 198 g/mol. The second-order valence-electron chi connectivity index (χ2n) is 3.45. The fourth-order valence-electron chi connectivity index (χ4n) is 1.66. The number of likely N-dealkylation sites (tertiary alicyclic amines) is 1. The maximum absolute atomic E-state index is 11.3. The first kappa shape index (κ1) is 10.1. The first-order valence-electron chi connectivity index (χ1n) is 4.88. The van der Waals surface area contributed by atoms with Crippen molar-refractivity contribution in [3.8, 4) is 0 Å². The van der Waals surface area contributed by atoms with E-state index in [0.29, 0.717) is 12.3 Å². The lowest BCUT2D eigenvalue weighted by Crippen LogP contribution is -2.53. The molecule has 1 aromatic rings. The smallest absolute Gasteiger partial charge is 0.323 e. The molecule has 1 aliphatic rings. The van der Waals surface area contributed by atoms with Crippen LogP contribution in [-0.2, 0) is 16.0 Å². The van der Waals surface area contributed by atoms with E-state index >= 15 is 0 Å². The van der Waals surface area contributed by atoms with Gasteiger partial charge in [-0.15, -0.1) is 0 Å². The van der Waals surface area contributed by atoms with Crippen molar-refractivity contribution in [2.75, 3.05) is 20.2 Å². The van der Waals surface area contributed by atoms with Crippen LogP contribution in [0.5, 0.6) is 0 Å². The normalized spacial score (nSPS) is 21.0. The van der Waals surface area contributed by atoms with Crippen molar-refractivity contribution >= 4 is 5.97 Å². The Labute approximate surface area is 87.2 Å². The number of esters is 1. The minimum atomic E-state index is -0.160. The van der Waals surface area contributed by atoms with E-state index in [1.807, 2.05) is 0 Å². The molecule has 2 heterocycles. The van der Waals surface area contributed by atoms with E-state index < -0.39 is 0 Å². The van der Waals surface area contributed by atoms with Crippen LogP contribution >= 0.6 is 0 Å². The van der Waals surface area contributed by atoms with Gasteiger partial charge in [-0.05, 0) is 6.42 Å². The van der Waals surface area contributed by atoms with Gasteiger partial charge in [-0.3, -0.25) is 9.69 Å². The zero-order valence-corrected chi connectivity index (χ0v) is 8.55. The molecule has 1 aromatic heterocycles. The van der Waals surface area contributed by atoms with Gasteiger partial charge in [-0.2, -0.15) is 4.98 Å². The van der Waals surface area contributed by atoms with E-state index in [0.717, 1.165) is 19.5 Å². The van der Waals surface area contributed by atoms with E-state index in [1.54, 1.807) is 0 Å². The molecule has 0 spiro atoms. The third-order valence-corrected chi connectivity index (χ3v) is 2.62. The predicted molar refractivity (Wildman–Crippen MR) is 50.0 cm³/mol. The monoisotopic (exact) mass is 211 g/mol. The van der Waals surface area contributed by atoms with Gasteiger partial charge in [0, 0.05) is 19.5 Å². The van der Waals surface area contributed by atoms with Crippen molar-refractivity contribution < 1.29 is 14.1 Å². The van der Waals surface area contributed by atoms with Crippen molar-refractivity contribution in [3.05, 3.63) is 12.2 Å². The van der Waals surface area contributed by atoms with Crippen molar-refractivity contribution in [2.24, 2.45) is 0 Å². The molecule has 1 unspecified atom stereocenters. The number of carbonyl (C=O) groups is 1. The summed E-state index contributed by atoms with van der Waals surface area (Å²) < 4.78 is 9.56. The van der Waals surface area contributed by atoms with Crippen LogP contribution in [0.4, 0.5) is 0 Å².